The molecule has 0 fully saturated rings. The van der Waals surface area contributed by atoms with E-state index in [0.29, 0.717) is 24.1 Å². The van der Waals surface area contributed by atoms with E-state index in [0.717, 1.165) is 0 Å². The van der Waals surface area contributed by atoms with Crippen LogP contribution in [0, 0.1) is 0 Å². The van der Waals surface area contributed by atoms with Crippen molar-refractivity contribution in [2.75, 3.05) is 13.2 Å². The fourth-order valence-corrected chi connectivity index (χ4v) is 3.04. The molecule has 0 atom stereocenters. The van der Waals surface area contributed by atoms with Crippen LogP contribution in [0.5, 0.6) is 0 Å². The Morgan fingerprint density at radius 1 is 1.24 bits per heavy atom. The highest BCUT2D eigenvalue weighted by Gasteiger charge is 2.26. The van der Waals surface area contributed by atoms with Gasteiger partial charge in [0.25, 0.3) is 0 Å². The first kappa shape index (κ1) is 14.1. The zero-order valence-corrected chi connectivity index (χ0v) is 11.2. The molecule has 1 aromatic rings. The van der Waals surface area contributed by atoms with Crippen LogP contribution in [0.1, 0.15) is 31.1 Å². The van der Waals surface area contributed by atoms with Gasteiger partial charge in [0.1, 0.15) is 0 Å². The van der Waals surface area contributed by atoms with Crippen LogP contribution >= 0.6 is 7.60 Å². The van der Waals surface area contributed by atoms with E-state index in [1.165, 1.54) is 6.92 Å². The molecule has 94 valence electrons. The van der Waals surface area contributed by atoms with Crippen LogP contribution in [0.4, 0.5) is 0 Å². The number of ketones is 1. The van der Waals surface area contributed by atoms with E-state index >= 15 is 0 Å². The third kappa shape index (κ3) is 3.50. The predicted octanol–water partition coefficient (Wildman–Crippen LogP) is 2.78. The lowest BCUT2D eigenvalue weighted by Gasteiger charge is -2.17. The number of benzene rings is 1. The molecule has 0 aliphatic rings. The van der Waals surface area contributed by atoms with Gasteiger partial charge in [-0.15, -0.1) is 0 Å². The highest BCUT2D eigenvalue weighted by Crippen LogP contribution is 2.46. The van der Waals surface area contributed by atoms with Crippen LogP contribution in [0.15, 0.2) is 24.3 Å². The van der Waals surface area contributed by atoms with Gasteiger partial charge in [0.2, 0.25) is 0 Å². The largest absolute Gasteiger partial charge is 0.361 e. The highest BCUT2D eigenvalue weighted by atomic mass is 31.2. The van der Waals surface area contributed by atoms with E-state index in [9.17, 15) is 9.36 Å². The Bertz CT molecular complexity index is 432. The molecule has 17 heavy (non-hydrogen) atoms. The van der Waals surface area contributed by atoms with Crippen molar-refractivity contribution >= 4 is 18.7 Å². The number of Topliss-reactive ketones (excluding diaryl/α,β-unsaturated/α-hetero) is 1. The summed E-state index contributed by atoms with van der Waals surface area (Å²) in [6, 6.07) is 6.57. The Morgan fingerprint density at radius 3 is 2.29 bits per heavy atom. The molecule has 0 bridgehead atoms. The Morgan fingerprint density at radius 2 is 1.82 bits per heavy atom. The quantitative estimate of drug-likeness (QED) is 0.580. The minimum atomic E-state index is -3.29. The van der Waals surface area contributed by atoms with Gasteiger partial charge in [-0.25, -0.2) is 0 Å². The molecule has 0 radical (unpaired) electrons. The standard InChI is InChI=1S/C12H17O4P/c1-4-15-17(14,16-5-2)12-8-6-7-11(9-12)10(3)13/h6-9H,4-5H2,1-3H3. The van der Waals surface area contributed by atoms with Gasteiger partial charge in [-0.05, 0) is 32.9 Å². The van der Waals surface area contributed by atoms with Crippen molar-refractivity contribution < 1.29 is 18.4 Å². The Hall–Kier alpha value is -0.960. The first-order valence-electron chi connectivity index (χ1n) is 5.54. The molecule has 0 amide bonds. The van der Waals surface area contributed by atoms with E-state index in [-0.39, 0.29) is 5.78 Å². The summed E-state index contributed by atoms with van der Waals surface area (Å²) in [6.45, 7) is 5.55. The maximum absolute atomic E-state index is 12.4. The van der Waals surface area contributed by atoms with Crippen molar-refractivity contribution in [3.63, 3.8) is 0 Å². The monoisotopic (exact) mass is 256 g/mol. The minimum absolute atomic E-state index is 0.0774. The van der Waals surface area contributed by atoms with Crippen molar-refractivity contribution in [1.82, 2.24) is 0 Å². The number of carbonyl (C=O) groups excluding carboxylic acids is 1. The fourth-order valence-electron chi connectivity index (χ4n) is 1.42. The van der Waals surface area contributed by atoms with Gasteiger partial charge in [0.05, 0.1) is 18.5 Å². The van der Waals surface area contributed by atoms with Gasteiger partial charge in [-0.2, -0.15) is 0 Å². The average Bonchev–Trinajstić information content (AvgIpc) is 2.30. The topological polar surface area (TPSA) is 52.6 Å². The lowest BCUT2D eigenvalue weighted by atomic mass is 10.2. The number of rotatable bonds is 6. The molecule has 5 heteroatoms. The number of hydrogen-bond acceptors (Lipinski definition) is 4. The van der Waals surface area contributed by atoms with Gasteiger partial charge in [0, 0.05) is 5.56 Å². The maximum Gasteiger partial charge on any atom is 0.361 e. The molecule has 0 aromatic heterocycles. The Kier molecular flexibility index (Phi) is 5.06. The Balaban J connectivity index is 3.14. The van der Waals surface area contributed by atoms with Crippen molar-refractivity contribution in [3.8, 4) is 0 Å². The molecule has 0 aliphatic heterocycles. The van der Waals surface area contributed by atoms with Crippen molar-refractivity contribution in [2.45, 2.75) is 20.8 Å². The molecule has 1 rings (SSSR count). The van der Waals surface area contributed by atoms with E-state index < -0.39 is 7.60 Å². The lowest BCUT2D eigenvalue weighted by molar-refractivity contribution is 0.101. The van der Waals surface area contributed by atoms with Gasteiger partial charge < -0.3 is 9.05 Å². The van der Waals surface area contributed by atoms with E-state index in [4.69, 9.17) is 9.05 Å². The van der Waals surface area contributed by atoms with Crippen LogP contribution in [0.3, 0.4) is 0 Å². The van der Waals surface area contributed by atoms with Crippen molar-refractivity contribution in [3.05, 3.63) is 29.8 Å². The summed E-state index contributed by atoms with van der Waals surface area (Å²) in [4.78, 5) is 11.3. The second-order valence-electron chi connectivity index (χ2n) is 3.44. The van der Waals surface area contributed by atoms with Gasteiger partial charge in [0.15, 0.2) is 5.78 Å². The van der Waals surface area contributed by atoms with Gasteiger partial charge in [-0.1, -0.05) is 12.1 Å². The average molecular weight is 256 g/mol. The molecule has 0 unspecified atom stereocenters. The van der Waals surface area contributed by atoms with Crippen LogP contribution in [0.2, 0.25) is 0 Å². The maximum atomic E-state index is 12.4. The fraction of sp³-hybridized carbons (Fsp3) is 0.417. The second-order valence-corrected chi connectivity index (χ2v) is 5.47. The summed E-state index contributed by atoms with van der Waals surface area (Å²) in [5.41, 5.74) is 0.502. The molecule has 0 heterocycles. The molecule has 0 spiro atoms. The molecule has 4 nitrogen and oxygen atoms in total. The lowest BCUT2D eigenvalue weighted by Crippen LogP contribution is -2.12. The minimum Gasteiger partial charge on any atom is -0.305 e. The third-order valence-corrected chi connectivity index (χ3v) is 4.27. The predicted molar refractivity (Wildman–Crippen MR) is 66.9 cm³/mol. The summed E-state index contributed by atoms with van der Waals surface area (Å²) in [7, 11) is -3.29. The molecule has 1 aromatic carbocycles. The first-order chi connectivity index (χ1) is 8.03. The number of carbonyl (C=O) groups is 1. The molecule has 0 N–H and O–H groups in total. The first-order valence-corrected chi connectivity index (χ1v) is 7.08. The highest BCUT2D eigenvalue weighted by molar-refractivity contribution is 7.62. The third-order valence-electron chi connectivity index (χ3n) is 2.17. The van der Waals surface area contributed by atoms with Crippen LogP contribution in [-0.4, -0.2) is 19.0 Å². The summed E-state index contributed by atoms with van der Waals surface area (Å²) in [5.74, 6) is -0.0774. The number of hydrogen-bond donors (Lipinski definition) is 0. The van der Waals surface area contributed by atoms with E-state index in [1.807, 2.05) is 0 Å². The second kappa shape index (κ2) is 6.10. The van der Waals surface area contributed by atoms with Crippen LogP contribution in [0.25, 0.3) is 0 Å². The van der Waals surface area contributed by atoms with Crippen molar-refractivity contribution in [2.24, 2.45) is 0 Å². The molecular formula is C12H17O4P. The molecular weight excluding hydrogens is 239 g/mol. The Labute approximate surface area is 101 Å². The van der Waals surface area contributed by atoms with Gasteiger partial charge in [-0.3, -0.25) is 9.36 Å². The van der Waals surface area contributed by atoms with Crippen LogP contribution < -0.4 is 5.30 Å². The molecule has 0 saturated carbocycles. The summed E-state index contributed by atoms with van der Waals surface area (Å²) in [5, 5.41) is 0.425. The molecule has 0 aliphatic carbocycles. The zero-order valence-electron chi connectivity index (χ0n) is 10.3. The van der Waals surface area contributed by atoms with E-state index in [2.05, 4.69) is 0 Å². The SMILES string of the molecule is CCOP(=O)(OCC)c1cccc(C(C)=O)c1. The summed E-state index contributed by atoms with van der Waals surface area (Å²) >= 11 is 0. The summed E-state index contributed by atoms with van der Waals surface area (Å²) < 4.78 is 22.9. The molecule has 0 saturated heterocycles. The van der Waals surface area contributed by atoms with Crippen molar-refractivity contribution in [1.29, 1.82) is 0 Å². The normalized spacial score (nSPS) is 11.5. The van der Waals surface area contributed by atoms with Crippen LogP contribution in [-0.2, 0) is 13.6 Å². The van der Waals surface area contributed by atoms with E-state index in [1.54, 1.807) is 38.1 Å². The summed E-state index contributed by atoms with van der Waals surface area (Å²) in [6.07, 6.45) is 0. The smallest absolute Gasteiger partial charge is 0.305 e. The zero-order chi connectivity index (χ0) is 12.9. The van der Waals surface area contributed by atoms with Gasteiger partial charge >= 0.3 is 7.60 Å².